The van der Waals surface area contributed by atoms with Gasteiger partial charge in [-0.3, -0.25) is 19.2 Å². The van der Waals surface area contributed by atoms with Crippen LogP contribution in [0.25, 0.3) is 0 Å². The highest BCUT2D eigenvalue weighted by Gasteiger charge is 2.19. The maximum atomic E-state index is 12.2. The average Bonchev–Trinajstić information content (AvgIpc) is 3.09. The molecule has 0 spiro atoms. The van der Waals surface area contributed by atoms with Gasteiger partial charge in [-0.25, -0.2) is 9.59 Å². The molecule has 4 N–H and O–H groups in total. The topological polar surface area (TPSA) is 169 Å². The first-order valence-electron chi connectivity index (χ1n) is 17.1. The van der Waals surface area contributed by atoms with Crippen LogP contribution in [0.1, 0.15) is 95.6 Å². The maximum Gasteiger partial charge on any atom is 0.408 e. The lowest BCUT2D eigenvalue weighted by atomic mass is 10.1. The predicted octanol–water partition coefficient (Wildman–Crippen LogP) is 5.28. The van der Waals surface area contributed by atoms with Crippen LogP contribution in [0.15, 0.2) is 60.7 Å². The van der Waals surface area contributed by atoms with Crippen molar-refractivity contribution in [2.24, 2.45) is 0 Å². The Bertz CT molecular complexity index is 1210. The average molecular weight is 681 g/mol. The Balaban J connectivity index is 1.45. The minimum Gasteiger partial charge on any atom is -0.445 e. The normalized spacial score (nSPS) is 11.8. The van der Waals surface area contributed by atoms with Crippen LogP contribution in [0.2, 0.25) is 0 Å². The summed E-state index contributed by atoms with van der Waals surface area (Å²) in [4.78, 5) is 72.4. The number of carbonyl (C=O) groups excluding carboxylic acids is 6. The van der Waals surface area contributed by atoms with Crippen LogP contribution in [-0.2, 0) is 41.9 Å². The second kappa shape index (κ2) is 24.4. The van der Waals surface area contributed by atoms with E-state index in [1.54, 1.807) is 0 Å². The molecular formula is C37H52N4O8. The third-order valence-corrected chi connectivity index (χ3v) is 7.78. The van der Waals surface area contributed by atoms with Gasteiger partial charge in [0.1, 0.15) is 13.2 Å². The number of nitrogens with one attached hydrogen (secondary N) is 4. The number of Topliss-reactive ketones (excluding diaryl/α,β-unsaturated/α-hetero) is 2. The number of hydrogen-bond donors (Lipinski definition) is 4. The van der Waals surface area contributed by atoms with Gasteiger partial charge in [0.05, 0.1) is 12.1 Å². The molecule has 268 valence electrons. The quantitative estimate of drug-likeness (QED) is 0.109. The van der Waals surface area contributed by atoms with Crippen LogP contribution in [-0.4, -0.2) is 60.7 Å². The summed E-state index contributed by atoms with van der Waals surface area (Å²) in [6.07, 6.45) is 5.11. The number of benzene rings is 2. The van der Waals surface area contributed by atoms with E-state index in [4.69, 9.17) is 9.47 Å². The molecule has 4 amide bonds. The van der Waals surface area contributed by atoms with Crippen molar-refractivity contribution in [1.82, 2.24) is 21.3 Å². The van der Waals surface area contributed by atoms with Crippen LogP contribution in [0.4, 0.5) is 9.59 Å². The number of ketones is 2. The lowest BCUT2D eigenvalue weighted by Crippen LogP contribution is -2.40. The van der Waals surface area contributed by atoms with Gasteiger partial charge in [-0.15, -0.1) is 0 Å². The summed E-state index contributed by atoms with van der Waals surface area (Å²) < 4.78 is 10.4. The van der Waals surface area contributed by atoms with E-state index < -0.39 is 24.3 Å². The summed E-state index contributed by atoms with van der Waals surface area (Å²) in [6, 6.07) is 17.3. The van der Waals surface area contributed by atoms with Crippen molar-refractivity contribution in [2.75, 3.05) is 13.1 Å². The minimum absolute atomic E-state index is 0.0574. The fourth-order valence-corrected chi connectivity index (χ4v) is 4.90. The molecule has 0 aromatic heterocycles. The third kappa shape index (κ3) is 19.6. The molecule has 0 bridgehead atoms. The van der Waals surface area contributed by atoms with Gasteiger partial charge >= 0.3 is 12.2 Å². The van der Waals surface area contributed by atoms with Crippen LogP contribution in [0, 0.1) is 0 Å². The number of unbranched alkanes of at least 4 members (excludes halogenated alkanes) is 4. The van der Waals surface area contributed by atoms with E-state index in [0.29, 0.717) is 77.3 Å². The van der Waals surface area contributed by atoms with Crippen LogP contribution < -0.4 is 21.3 Å². The Labute approximate surface area is 289 Å². The molecule has 2 atom stereocenters. The molecule has 0 fully saturated rings. The number of alkyl carbamates (subject to hydrolysis) is 2. The lowest BCUT2D eigenvalue weighted by Gasteiger charge is -2.16. The van der Waals surface area contributed by atoms with Crippen molar-refractivity contribution in [3.63, 3.8) is 0 Å². The molecule has 0 heterocycles. The predicted molar refractivity (Wildman–Crippen MR) is 185 cm³/mol. The highest BCUT2D eigenvalue weighted by Crippen LogP contribution is 2.08. The third-order valence-electron chi connectivity index (χ3n) is 7.78. The van der Waals surface area contributed by atoms with E-state index in [9.17, 15) is 28.8 Å². The summed E-state index contributed by atoms with van der Waals surface area (Å²) >= 11 is 0. The van der Waals surface area contributed by atoms with E-state index in [2.05, 4.69) is 21.3 Å². The first-order chi connectivity index (χ1) is 23.6. The fourth-order valence-electron chi connectivity index (χ4n) is 4.90. The van der Waals surface area contributed by atoms with Gasteiger partial charge in [0, 0.05) is 25.9 Å². The minimum atomic E-state index is -0.640. The van der Waals surface area contributed by atoms with Gasteiger partial charge in [0.2, 0.25) is 11.8 Å². The Morgan fingerprint density at radius 1 is 0.531 bits per heavy atom. The van der Waals surface area contributed by atoms with Crippen molar-refractivity contribution < 1.29 is 38.2 Å². The molecule has 0 saturated heterocycles. The monoisotopic (exact) mass is 680 g/mol. The fraction of sp³-hybridized carbons (Fsp3) is 0.514. The summed E-state index contributed by atoms with van der Waals surface area (Å²) in [5, 5.41) is 11.0. The number of hydrogen-bond acceptors (Lipinski definition) is 8. The molecule has 0 radical (unpaired) electrons. The molecule has 0 aliphatic heterocycles. The molecule has 0 unspecified atom stereocenters. The molecule has 12 nitrogen and oxygen atoms in total. The van der Waals surface area contributed by atoms with Gasteiger partial charge in [-0.2, -0.15) is 0 Å². The van der Waals surface area contributed by atoms with Gasteiger partial charge in [-0.05, 0) is 76.3 Å². The van der Waals surface area contributed by atoms with Crippen molar-refractivity contribution in [3.05, 3.63) is 71.8 Å². The van der Waals surface area contributed by atoms with E-state index in [1.165, 1.54) is 13.8 Å². The maximum absolute atomic E-state index is 12.2. The number of amides is 4. The Hall–Kier alpha value is -4.74. The Kier molecular flexibility index (Phi) is 20.1. The molecule has 0 aliphatic carbocycles. The van der Waals surface area contributed by atoms with Gasteiger partial charge < -0.3 is 30.7 Å². The zero-order chi connectivity index (χ0) is 35.7. The molecule has 49 heavy (non-hydrogen) atoms. The van der Waals surface area contributed by atoms with E-state index >= 15 is 0 Å². The lowest BCUT2D eigenvalue weighted by molar-refractivity contribution is -0.121. The zero-order valence-electron chi connectivity index (χ0n) is 28.8. The second-order valence-electron chi connectivity index (χ2n) is 12.0. The van der Waals surface area contributed by atoms with Gasteiger partial charge in [0.25, 0.3) is 0 Å². The summed E-state index contributed by atoms with van der Waals surface area (Å²) in [5.41, 5.74) is 1.71. The Morgan fingerprint density at radius 2 is 0.918 bits per heavy atom. The summed E-state index contributed by atoms with van der Waals surface area (Å²) in [7, 11) is 0. The number of carbonyl (C=O) groups is 6. The van der Waals surface area contributed by atoms with Crippen LogP contribution in [0.5, 0.6) is 0 Å². The van der Waals surface area contributed by atoms with Crippen LogP contribution in [0.3, 0.4) is 0 Å². The van der Waals surface area contributed by atoms with E-state index in [1.807, 2.05) is 60.7 Å². The molecule has 2 rings (SSSR count). The highest BCUT2D eigenvalue weighted by atomic mass is 16.6. The van der Waals surface area contributed by atoms with Crippen molar-refractivity contribution in [2.45, 2.75) is 110 Å². The molecule has 2 aromatic carbocycles. The largest absolute Gasteiger partial charge is 0.445 e. The SMILES string of the molecule is CC(=O)[C@H](CCCCNC(=O)CCCCCC(=O)NCCCC[C@H](NC(=O)OCc1ccccc1)C(C)=O)NC(=O)OCc1ccccc1. The first kappa shape index (κ1) is 40.4. The van der Waals surface area contributed by atoms with Crippen LogP contribution >= 0.6 is 0 Å². The van der Waals surface area contributed by atoms with Crippen molar-refractivity contribution in [1.29, 1.82) is 0 Å². The first-order valence-corrected chi connectivity index (χ1v) is 17.1. The van der Waals surface area contributed by atoms with Gasteiger partial charge in [-0.1, -0.05) is 67.1 Å². The number of ether oxygens (including phenoxy) is 2. The smallest absolute Gasteiger partial charge is 0.408 e. The number of rotatable bonds is 24. The summed E-state index contributed by atoms with van der Waals surface area (Å²) in [5.74, 6) is -0.419. The molecule has 0 aliphatic rings. The van der Waals surface area contributed by atoms with E-state index in [0.717, 1.165) is 17.5 Å². The zero-order valence-corrected chi connectivity index (χ0v) is 28.8. The second-order valence-corrected chi connectivity index (χ2v) is 12.0. The Morgan fingerprint density at radius 3 is 1.29 bits per heavy atom. The standard InChI is InChI=1S/C37H52N4O8/c1-28(42)32(40-36(46)48-26-30-16-6-3-7-17-30)20-12-14-24-38-34(44)22-10-5-11-23-35(45)39-25-15-13-21-33(29(2)43)41-37(47)49-27-31-18-8-4-9-19-31/h3-4,6-9,16-19,32-33H,5,10-15,20-27H2,1-2H3,(H,38,44)(H,39,45)(H,40,46)(H,41,47)/t32-,33-/m0/s1. The van der Waals surface area contributed by atoms with Gasteiger partial charge in [0.15, 0.2) is 11.6 Å². The molecular weight excluding hydrogens is 628 g/mol. The molecule has 2 aromatic rings. The molecule has 0 saturated carbocycles. The van der Waals surface area contributed by atoms with Crippen molar-refractivity contribution in [3.8, 4) is 0 Å². The molecule has 12 heteroatoms. The van der Waals surface area contributed by atoms with E-state index in [-0.39, 0.29) is 36.6 Å². The summed E-state index contributed by atoms with van der Waals surface area (Å²) in [6.45, 7) is 4.06. The highest BCUT2D eigenvalue weighted by molar-refractivity contribution is 5.86. The van der Waals surface area contributed by atoms with Crippen molar-refractivity contribution >= 4 is 35.6 Å².